The predicted molar refractivity (Wildman–Crippen MR) is 66.0 cm³/mol. The molecule has 0 aliphatic rings. The predicted octanol–water partition coefficient (Wildman–Crippen LogP) is -0.313. The quantitative estimate of drug-likeness (QED) is 0.641. The zero-order valence-corrected chi connectivity index (χ0v) is 10.6. The van der Waals surface area contributed by atoms with E-state index in [4.69, 9.17) is 5.73 Å². The molecule has 1 amide bonds. The third-order valence-electron chi connectivity index (χ3n) is 2.26. The molecule has 0 aromatic heterocycles. The van der Waals surface area contributed by atoms with Gasteiger partial charge in [0, 0.05) is 6.54 Å². The minimum atomic E-state index is -3.39. The number of hydrogen-bond acceptors (Lipinski definition) is 4. The second-order valence-corrected chi connectivity index (χ2v) is 5.53. The lowest BCUT2D eigenvalue weighted by Gasteiger charge is -2.08. The second kappa shape index (κ2) is 5.78. The van der Waals surface area contributed by atoms with Gasteiger partial charge < -0.3 is 11.1 Å². The van der Waals surface area contributed by atoms with Crippen molar-refractivity contribution >= 4 is 21.6 Å². The number of carbonyl (C=O) groups is 1. The van der Waals surface area contributed by atoms with Gasteiger partial charge in [-0.15, -0.1) is 0 Å². The van der Waals surface area contributed by atoms with Gasteiger partial charge in [0.15, 0.2) is 0 Å². The monoisotopic (exact) mass is 275 g/mol. The normalized spacial score (nSPS) is 11.2. The summed E-state index contributed by atoms with van der Waals surface area (Å²) in [5.41, 5.74) is 5.13. The molecule has 18 heavy (non-hydrogen) atoms. The molecule has 0 radical (unpaired) electrons. The number of anilines is 1. The molecule has 8 heteroatoms. The smallest absolute Gasteiger partial charge is 0.253 e. The van der Waals surface area contributed by atoms with Gasteiger partial charge in [-0.2, -0.15) is 0 Å². The van der Waals surface area contributed by atoms with E-state index in [2.05, 4.69) is 10.0 Å². The summed E-state index contributed by atoms with van der Waals surface area (Å²) in [5.74, 6) is -1.56. The van der Waals surface area contributed by atoms with E-state index in [0.717, 1.165) is 6.07 Å². The van der Waals surface area contributed by atoms with Crippen molar-refractivity contribution in [2.75, 3.05) is 25.1 Å². The lowest BCUT2D eigenvalue weighted by Crippen LogP contribution is -2.33. The summed E-state index contributed by atoms with van der Waals surface area (Å²) in [6.45, 7) is -0.0854. The number of para-hydroxylation sites is 1. The molecular weight excluding hydrogens is 261 g/mol. The van der Waals surface area contributed by atoms with E-state index in [0.29, 0.717) is 0 Å². The first-order valence-electron chi connectivity index (χ1n) is 5.11. The summed E-state index contributed by atoms with van der Waals surface area (Å²) in [5, 5.41) is 2.35. The van der Waals surface area contributed by atoms with Crippen LogP contribution in [0.4, 0.5) is 10.1 Å². The van der Waals surface area contributed by atoms with Gasteiger partial charge in [0.05, 0.1) is 17.0 Å². The molecule has 0 aliphatic carbocycles. The highest BCUT2D eigenvalue weighted by molar-refractivity contribution is 7.89. The number of benzene rings is 1. The van der Waals surface area contributed by atoms with Gasteiger partial charge in [-0.3, -0.25) is 4.79 Å². The van der Waals surface area contributed by atoms with Crippen LogP contribution >= 0.6 is 0 Å². The molecular formula is C10H14FN3O3S. The zero-order chi connectivity index (χ0) is 13.8. The van der Waals surface area contributed by atoms with Crippen molar-refractivity contribution in [1.29, 1.82) is 0 Å². The molecule has 1 aromatic rings. The van der Waals surface area contributed by atoms with Gasteiger partial charge in [0.25, 0.3) is 5.91 Å². The molecule has 0 bridgehead atoms. The Balaban J connectivity index is 2.64. The van der Waals surface area contributed by atoms with Crippen LogP contribution in [0.15, 0.2) is 18.2 Å². The number of sulfonamides is 1. The van der Waals surface area contributed by atoms with E-state index in [1.807, 2.05) is 0 Å². The van der Waals surface area contributed by atoms with Crippen molar-refractivity contribution in [2.45, 2.75) is 0 Å². The Morgan fingerprint density at radius 1 is 1.44 bits per heavy atom. The summed E-state index contributed by atoms with van der Waals surface area (Å²) in [4.78, 5) is 11.6. The van der Waals surface area contributed by atoms with Gasteiger partial charge in [-0.05, 0) is 19.2 Å². The molecule has 0 fully saturated rings. The van der Waals surface area contributed by atoms with Crippen LogP contribution in [0.25, 0.3) is 0 Å². The van der Waals surface area contributed by atoms with Crippen molar-refractivity contribution in [3.8, 4) is 0 Å². The molecule has 4 N–H and O–H groups in total. The second-order valence-electron chi connectivity index (χ2n) is 3.48. The molecule has 0 spiro atoms. The summed E-state index contributed by atoms with van der Waals surface area (Å²) >= 11 is 0. The summed E-state index contributed by atoms with van der Waals surface area (Å²) in [6.07, 6.45) is 0. The van der Waals surface area contributed by atoms with Crippen LogP contribution in [-0.2, 0) is 10.0 Å². The standard InChI is InChI=1S/C10H14FN3O3S/c1-13-18(16,17)6-5-14-10(15)7-3-2-4-8(11)9(7)12/h2-4,13H,5-6,12H2,1H3,(H,14,15). The Hall–Kier alpha value is -1.67. The van der Waals surface area contributed by atoms with Crippen LogP contribution in [-0.4, -0.2) is 33.7 Å². The van der Waals surface area contributed by atoms with Crippen LogP contribution < -0.4 is 15.8 Å². The fourth-order valence-electron chi connectivity index (χ4n) is 1.23. The Labute approximate surface area is 104 Å². The van der Waals surface area contributed by atoms with Gasteiger partial charge in [0.1, 0.15) is 5.82 Å². The fourth-order valence-corrected chi connectivity index (χ4v) is 1.81. The molecule has 0 unspecified atom stereocenters. The number of nitrogens with two attached hydrogens (primary N) is 1. The molecule has 0 saturated heterocycles. The lowest BCUT2D eigenvalue weighted by molar-refractivity contribution is 0.0956. The van der Waals surface area contributed by atoms with Gasteiger partial charge >= 0.3 is 0 Å². The van der Waals surface area contributed by atoms with Crippen molar-refractivity contribution < 1.29 is 17.6 Å². The van der Waals surface area contributed by atoms with E-state index >= 15 is 0 Å². The highest BCUT2D eigenvalue weighted by Gasteiger charge is 2.13. The number of amides is 1. The van der Waals surface area contributed by atoms with Gasteiger partial charge in [-0.1, -0.05) is 6.07 Å². The largest absolute Gasteiger partial charge is 0.396 e. The molecule has 6 nitrogen and oxygen atoms in total. The van der Waals surface area contributed by atoms with Gasteiger partial charge in [0.2, 0.25) is 10.0 Å². The Kier molecular flexibility index (Phi) is 4.62. The molecule has 1 rings (SSSR count). The third kappa shape index (κ3) is 3.67. The molecule has 0 saturated carbocycles. The Bertz CT molecular complexity index is 545. The SMILES string of the molecule is CNS(=O)(=O)CCNC(=O)c1cccc(F)c1N. The average Bonchev–Trinajstić information content (AvgIpc) is 2.32. The lowest BCUT2D eigenvalue weighted by atomic mass is 10.1. The maximum atomic E-state index is 13.1. The number of rotatable bonds is 5. The molecule has 0 aliphatic heterocycles. The molecule has 0 heterocycles. The van der Waals surface area contributed by atoms with Gasteiger partial charge in [-0.25, -0.2) is 17.5 Å². The number of halogens is 1. The maximum absolute atomic E-state index is 13.1. The average molecular weight is 275 g/mol. The van der Waals surface area contributed by atoms with Crippen molar-refractivity contribution in [1.82, 2.24) is 10.0 Å². The first kappa shape index (κ1) is 14.4. The summed E-state index contributed by atoms with van der Waals surface area (Å²) < 4.78 is 37.4. The highest BCUT2D eigenvalue weighted by Crippen LogP contribution is 2.15. The number of nitrogens with one attached hydrogen (secondary N) is 2. The van der Waals surface area contributed by atoms with Crippen LogP contribution in [0.5, 0.6) is 0 Å². The van der Waals surface area contributed by atoms with E-state index in [1.165, 1.54) is 19.2 Å². The molecule has 1 aromatic carbocycles. The van der Waals surface area contributed by atoms with Crippen LogP contribution in [0.3, 0.4) is 0 Å². The van der Waals surface area contributed by atoms with Crippen molar-refractivity contribution in [3.05, 3.63) is 29.6 Å². The van der Waals surface area contributed by atoms with Crippen LogP contribution in [0.1, 0.15) is 10.4 Å². The van der Waals surface area contributed by atoms with E-state index in [1.54, 1.807) is 0 Å². The van der Waals surface area contributed by atoms with Crippen LogP contribution in [0.2, 0.25) is 0 Å². The van der Waals surface area contributed by atoms with E-state index < -0.39 is 21.7 Å². The Morgan fingerprint density at radius 2 is 2.11 bits per heavy atom. The third-order valence-corrected chi connectivity index (χ3v) is 3.63. The van der Waals surface area contributed by atoms with E-state index in [9.17, 15) is 17.6 Å². The minimum absolute atomic E-state index is 0.0168. The minimum Gasteiger partial charge on any atom is -0.396 e. The van der Waals surface area contributed by atoms with E-state index in [-0.39, 0.29) is 23.5 Å². The zero-order valence-electron chi connectivity index (χ0n) is 9.73. The number of hydrogen-bond donors (Lipinski definition) is 3. The summed E-state index contributed by atoms with van der Waals surface area (Å²) in [7, 11) is -2.11. The first-order valence-corrected chi connectivity index (χ1v) is 6.76. The number of nitrogen functional groups attached to an aromatic ring is 1. The first-order chi connectivity index (χ1) is 8.37. The summed E-state index contributed by atoms with van der Waals surface area (Å²) in [6, 6.07) is 3.85. The fraction of sp³-hybridized carbons (Fsp3) is 0.300. The molecule has 0 atom stereocenters. The Morgan fingerprint density at radius 3 is 2.72 bits per heavy atom. The highest BCUT2D eigenvalue weighted by atomic mass is 32.2. The van der Waals surface area contributed by atoms with Crippen LogP contribution in [0, 0.1) is 5.82 Å². The van der Waals surface area contributed by atoms with Crippen molar-refractivity contribution in [2.24, 2.45) is 0 Å². The number of carbonyl (C=O) groups excluding carboxylic acids is 1. The molecule has 100 valence electrons. The maximum Gasteiger partial charge on any atom is 0.253 e. The topological polar surface area (TPSA) is 101 Å². The van der Waals surface area contributed by atoms with Crippen molar-refractivity contribution in [3.63, 3.8) is 0 Å².